The first-order valence-electron chi connectivity index (χ1n) is 12.5. The van der Waals surface area contributed by atoms with Crippen LogP contribution >= 0.6 is 0 Å². The molecule has 3 amide bonds. The number of fused-ring (bicyclic) bond motifs is 2. The van der Waals surface area contributed by atoms with Gasteiger partial charge in [-0.2, -0.15) is 0 Å². The lowest BCUT2D eigenvalue weighted by molar-refractivity contribution is -0.136. The van der Waals surface area contributed by atoms with Gasteiger partial charge in [-0.1, -0.05) is 36.4 Å². The highest BCUT2D eigenvalue weighted by Crippen LogP contribution is 2.32. The Morgan fingerprint density at radius 3 is 2.73 bits per heavy atom. The number of nitrogens with zero attached hydrogens (tertiary/aromatic N) is 3. The van der Waals surface area contributed by atoms with E-state index in [-0.39, 0.29) is 24.3 Å². The van der Waals surface area contributed by atoms with E-state index in [0.29, 0.717) is 25.1 Å². The summed E-state index contributed by atoms with van der Waals surface area (Å²) in [6, 6.07) is 20.0. The van der Waals surface area contributed by atoms with Gasteiger partial charge in [0.2, 0.25) is 11.8 Å². The molecule has 2 aliphatic heterocycles. The Kier molecular flexibility index (Phi) is 5.81. The van der Waals surface area contributed by atoms with Crippen molar-refractivity contribution in [2.45, 2.75) is 44.9 Å². The number of imidazole rings is 1. The van der Waals surface area contributed by atoms with Crippen LogP contribution in [0, 0.1) is 0 Å². The zero-order chi connectivity index (χ0) is 25.5. The maximum Gasteiger partial charge on any atom is 0.255 e. The molecule has 1 unspecified atom stereocenters. The van der Waals surface area contributed by atoms with Crippen LogP contribution in [0.15, 0.2) is 73.2 Å². The van der Waals surface area contributed by atoms with Crippen LogP contribution in [0.4, 0.5) is 0 Å². The molecule has 8 heteroatoms. The molecule has 186 valence electrons. The summed E-state index contributed by atoms with van der Waals surface area (Å²) < 4.78 is 2.04. The van der Waals surface area contributed by atoms with Crippen molar-refractivity contribution in [1.82, 2.24) is 24.9 Å². The summed E-state index contributed by atoms with van der Waals surface area (Å²) >= 11 is 0. The van der Waals surface area contributed by atoms with E-state index in [1.54, 1.807) is 11.2 Å². The van der Waals surface area contributed by atoms with Gasteiger partial charge in [-0.05, 0) is 59.9 Å². The van der Waals surface area contributed by atoms with Gasteiger partial charge in [0.15, 0.2) is 0 Å². The van der Waals surface area contributed by atoms with Crippen LogP contribution in [-0.4, -0.2) is 38.0 Å². The number of amides is 3. The van der Waals surface area contributed by atoms with E-state index in [1.807, 2.05) is 47.0 Å². The third-order valence-electron chi connectivity index (χ3n) is 7.31. The lowest BCUT2D eigenvalue weighted by atomic mass is 10.0. The van der Waals surface area contributed by atoms with Crippen LogP contribution < -0.4 is 10.6 Å². The highest BCUT2D eigenvalue weighted by molar-refractivity contribution is 6.05. The fourth-order valence-corrected chi connectivity index (χ4v) is 5.28. The Morgan fingerprint density at radius 2 is 1.92 bits per heavy atom. The number of hydrogen-bond donors (Lipinski definition) is 2. The lowest BCUT2D eigenvalue weighted by Crippen LogP contribution is -2.52. The number of hydrogen-bond acceptors (Lipinski definition) is 5. The minimum absolute atomic E-state index is 0.170. The molecule has 0 saturated carbocycles. The molecule has 0 aliphatic carbocycles. The second-order valence-electron chi connectivity index (χ2n) is 9.72. The van der Waals surface area contributed by atoms with E-state index in [2.05, 4.69) is 46.8 Å². The maximum atomic E-state index is 13.1. The predicted molar refractivity (Wildman–Crippen MR) is 138 cm³/mol. The van der Waals surface area contributed by atoms with Gasteiger partial charge in [0.05, 0.1) is 23.7 Å². The average Bonchev–Trinajstić information content (AvgIpc) is 3.51. The summed E-state index contributed by atoms with van der Waals surface area (Å²) in [5.74, 6) is -0.857. The Labute approximate surface area is 214 Å². The molecule has 8 nitrogen and oxygen atoms in total. The van der Waals surface area contributed by atoms with Gasteiger partial charge in [-0.3, -0.25) is 24.1 Å². The zero-order valence-electron chi connectivity index (χ0n) is 20.5. The number of aromatic nitrogens is 2. The van der Waals surface area contributed by atoms with Crippen LogP contribution in [0.3, 0.4) is 0 Å². The normalized spacial score (nSPS) is 18.2. The monoisotopic (exact) mass is 493 g/mol. The molecule has 37 heavy (non-hydrogen) atoms. The topological polar surface area (TPSA) is 95.8 Å². The molecule has 4 aromatic rings. The van der Waals surface area contributed by atoms with E-state index in [0.717, 1.165) is 27.9 Å². The van der Waals surface area contributed by atoms with Gasteiger partial charge in [0.1, 0.15) is 6.04 Å². The summed E-state index contributed by atoms with van der Waals surface area (Å²) in [5, 5.41) is 5.96. The lowest BCUT2D eigenvalue weighted by Gasteiger charge is -2.29. The highest BCUT2D eigenvalue weighted by atomic mass is 16.2. The molecule has 2 aromatic heterocycles. The molecule has 0 spiro atoms. The quantitative estimate of drug-likeness (QED) is 0.400. The summed E-state index contributed by atoms with van der Waals surface area (Å²) in [7, 11) is 0. The smallest absolute Gasteiger partial charge is 0.255 e. The van der Waals surface area contributed by atoms with E-state index >= 15 is 0 Å². The standard InChI is InChI=1S/C29H27N5O3/c1-18(20-5-3-2-4-6-20)31-14-19-11-23-15-30-17-34(23)26(12-19)21-7-8-24-22(13-21)16-33(29(24)37)25-9-10-27(35)32-28(25)36/h2-8,11-13,15,17-18,25,31H,9-10,14,16H2,1H3,(H,32,35,36)/t18-,25?/m0/s1. The number of piperidine rings is 1. The van der Waals surface area contributed by atoms with Gasteiger partial charge >= 0.3 is 0 Å². The number of benzene rings is 2. The summed E-state index contributed by atoms with van der Waals surface area (Å²) in [5.41, 5.74) is 6.78. The molecule has 2 aromatic carbocycles. The first-order chi connectivity index (χ1) is 18.0. The second kappa shape index (κ2) is 9.29. The van der Waals surface area contributed by atoms with Crippen LogP contribution in [0.5, 0.6) is 0 Å². The Bertz CT molecular complexity index is 1530. The van der Waals surface area contributed by atoms with E-state index in [1.165, 1.54) is 5.56 Å². The van der Waals surface area contributed by atoms with Crippen LogP contribution in [-0.2, 0) is 22.7 Å². The fourth-order valence-electron chi connectivity index (χ4n) is 5.28. The highest BCUT2D eigenvalue weighted by Gasteiger charge is 2.39. The first-order valence-corrected chi connectivity index (χ1v) is 12.5. The summed E-state index contributed by atoms with van der Waals surface area (Å²) in [6.45, 7) is 3.19. The molecule has 4 heterocycles. The van der Waals surface area contributed by atoms with Crippen molar-refractivity contribution < 1.29 is 14.4 Å². The molecule has 1 saturated heterocycles. The Morgan fingerprint density at radius 1 is 1.08 bits per heavy atom. The van der Waals surface area contributed by atoms with Crippen molar-refractivity contribution in [1.29, 1.82) is 0 Å². The van der Waals surface area contributed by atoms with Gasteiger partial charge in [-0.25, -0.2) is 4.98 Å². The van der Waals surface area contributed by atoms with Crippen molar-refractivity contribution >= 4 is 23.2 Å². The zero-order valence-corrected chi connectivity index (χ0v) is 20.5. The molecule has 0 bridgehead atoms. The third-order valence-corrected chi connectivity index (χ3v) is 7.31. The molecule has 1 fully saturated rings. The molecule has 6 rings (SSSR count). The van der Waals surface area contributed by atoms with Gasteiger partial charge in [-0.15, -0.1) is 0 Å². The molecular formula is C29H27N5O3. The number of carbonyl (C=O) groups is 3. The number of nitrogens with one attached hydrogen (secondary N) is 2. The van der Waals surface area contributed by atoms with Crippen molar-refractivity contribution in [3.05, 3.63) is 95.4 Å². The predicted octanol–water partition coefficient (Wildman–Crippen LogP) is 3.61. The van der Waals surface area contributed by atoms with E-state index in [4.69, 9.17) is 0 Å². The molecule has 0 radical (unpaired) electrons. The summed E-state index contributed by atoms with van der Waals surface area (Å²) in [6.07, 6.45) is 4.23. The van der Waals surface area contributed by atoms with Crippen molar-refractivity contribution in [3.8, 4) is 11.3 Å². The minimum atomic E-state index is -0.623. The van der Waals surface area contributed by atoms with Gasteiger partial charge < -0.3 is 10.2 Å². The number of imide groups is 1. The minimum Gasteiger partial charge on any atom is -0.322 e. The summed E-state index contributed by atoms with van der Waals surface area (Å²) in [4.78, 5) is 43.0. The Balaban J connectivity index is 1.27. The van der Waals surface area contributed by atoms with Gasteiger partial charge in [0, 0.05) is 31.1 Å². The van der Waals surface area contributed by atoms with E-state index in [9.17, 15) is 14.4 Å². The van der Waals surface area contributed by atoms with Crippen LogP contribution in [0.1, 0.15) is 52.9 Å². The van der Waals surface area contributed by atoms with Gasteiger partial charge in [0.25, 0.3) is 5.91 Å². The fraction of sp³-hybridized carbons (Fsp3) is 0.241. The second-order valence-corrected chi connectivity index (χ2v) is 9.72. The first kappa shape index (κ1) is 23.1. The van der Waals surface area contributed by atoms with Crippen LogP contribution in [0.25, 0.3) is 16.8 Å². The molecule has 2 atom stereocenters. The van der Waals surface area contributed by atoms with Crippen molar-refractivity contribution in [3.63, 3.8) is 0 Å². The number of rotatable bonds is 6. The SMILES string of the molecule is C[C@H](NCc1cc(-c2ccc3c(c2)CN(C2CCC(=O)NC2=O)C3=O)n2cncc2c1)c1ccccc1. The molecule has 2 aliphatic rings. The van der Waals surface area contributed by atoms with Crippen molar-refractivity contribution in [2.75, 3.05) is 0 Å². The molecule has 2 N–H and O–H groups in total. The molecular weight excluding hydrogens is 466 g/mol. The van der Waals surface area contributed by atoms with Crippen LogP contribution in [0.2, 0.25) is 0 Å². The largest absolute Gasteiger partial charge is 0.322 e. The number of carbonyl (C=O) groups excluding carboxylic acids is 3. The average molecular weight is 494 g/mol. The number of pyridine rings is 1. The maximum absolute atomic E-state index is 13.1. The van der Waals surface area contributed by atoms with Crippen molar-refractivity contribution in [2.24, 2.45) is 0 Å². The van der Waals surface area contributed by atoms with E-state index < -0.39 is 11.9 Å². The Hall–Kier alpha value is -4.30. The third kappa shape index (κ3) is 4.29.